The fourth-order valence-electron chi connectivity index (χ4n) is 1.91. The van der Waals surface area contributed by atoms with Crippen LogP contribution in [-0.4, -0.2) is 17.5 Å². The van der Waals surface area contributed by atoms with Crippen LogP contribution in [0.5, 0.6) is 0 Å². The molecule has 0 aliphatic heterocycles. The van der Waals surface area contributed by atoms with E-state index in [0.717, 1.165) is 11.1 Å². The summed E-state index contributed by atoms with van der Waals surface area (Å²) in [5.41, 5.74) is 2.53. The quantitative estimate of drug-likeness (QED) is 0.891. The van der Waals surface area contributed by atoms with Crippen LogP contribution in [0.4, 0.5) is 0 Å². The molecule has 4 nitrogen and oxygen atoms in total. The van der Waals surface area contributed by atoms with Gasteiger partial charge in [-0.3, -0.25) is 9.78 Å². The average Bonchev–Trinajstić information content (AvgIpc) is 2.52. The highest BCUT2D eigenvalue weighted by molar-refractivity contribution is 6.33. The Bertz CT molecular complexity index is 617. The van der Waals surface area contributed by atoms with E-state index in [4.69, 9.17) is 16.3 Å². The fraction of sp³-hybridized carbons (Fsp3) is 0.250. The third-order valence-corrected chi connectivity index (χ3v) is 3.34. The van der Waals surface area contributed by atoms with Crippen LogP contribution in [0.3, 0.4) is 0 Å². The topological polar surface area (TPSA) is 51.2 Å². The smallest absolute Gasteiger partial charge is 0.253 e. The van der Waals surface area contributed by atoms with E-state index in [2.05, 4.69) is 10.3 Å². The second-order valence-electron chi connectivity index (χ2n) is 4.44. The third-order valence-electron chi connectivity index (χ3n) is 3.04. The highest BCUT2D eigenvalue weighted by Gasteiger charge is 2.10. The van der Waals surface area contributed by atoms with Gasteiger partial charge in [-0.05, 0) is 24.1 Å². The van der Waals surface area contributed by atoms with Crippen LogP contribution in [0.1, 0.15) is 28.4 Å². The van der Waals surface area contributed by atoms with Crippen molar-refractivity contribution in [3.05, 3.63) is 64.4 Å². The molecule has 110 valence electrons. The van der Waals surface area contributed by atoms with Crippen LogP contribution in [0.15, 0.2) is 42.7 Å². The number of nitrogens with one attached hydrogen (secondary N) is 1. The van der Waals surface area contributed by atoms with E-state index < -0.39 is 0 Å². The number of hydrogen-bond donors (Lipinski definition) is 1. The molecule has 0 aliphatic rings. The number of benzene rings is 1. The van der Waals surface area contributed by atoms with Crippen LogP contribution >= 0.6 is 11.6 Å². The zero-order valence-corrected chi connectivity index (χ0v) is 12.6. The molecule has 0 atom stereocenters. The Labute approximate surface area is 129 Å². The second kappa shape index (κ2) is 7.76. The summed E-state index contributed by atoms with van der Waals surface area (Å²) in [6.07, 6.45) is 3.00. The second-order valence-corrected chi connectivity index (χ2v) is 4.85. The minimum atomic E-state index is -0.214. The first-order valence-corrected chi connectivity index (χ1v) is 7.12. The van der Waals surface area contributed by atoms with E-state index in [-0.39, 0.29) is 5.91 Å². The van der Waals surface area contributed by atoms with Gasteiger partial charge in [-0.25, -0.2) is 0 Å². The first-order chi connectivity index (χ1) is 10.2. The third kappa shape index (κ3) is 4.28. The van der Waals surface area contributed by atoms with Gasteiger partial charge < -0.3 is 10.1 Å². The van der Waals surface area contributed by atoms with Crippen molar-refractivity contribution in [2.45, 2.75) is 20.1 Å². The normalized spacial score (nSPS) is 10.4. The molecule has 2 aromatic rings. The summed E-state index contributed by atoms with van der Waals surface area (Å²) in [6, 6.07) is 9.47. The number of hydrogen-bond acceptors (Lipinski definition) is 3. The number of rotatable bonds is 6. The highest BCUT2D eigenvalue weighted by atomic mass is 35.5. The van der Waals surface area contributed by atoms with Gasteiger partial charge in [0.1, 0.15) is 0 Å². The molecule has 5 heteroatoms. The van der Waals surface area contributed by atoms with Crippen molar-refractivity contribution < 1.29 is 9.53 Å². The lowest BCUT2D eigenvalue weighted by atomic mass is 10.1. The minimum absolute atomic E-state index is 0.214. The minimum Gasteiger partial charge on any atom is -0.377 e. The number of pyridine rings is 1. The number of ether oxygens (including phenoxy) is 1. The van der Waals surface area contributed by atoms with E-state index in [9.17, 15) is 4.79 Å². The molecule has 1 amide bonds. The maximum atomic E-state index is 12.1. The molecule has 0 fully saturated rings. The Morgan fingerprint density at radius 1 is 1.29 bits per heavy atom. The lowest BCUT2D eigenvalue weighted by Gasteiger charge is -2.11. The number of nitrogens with zero attached hydrogens (tertiary/aromatic N) is 1. The zero-order valence-electron chi connectivity index (χ0n) is 11.8. The SMILES string of the molecule is CCOCc1ccccc1CNC(=O)c1ccncc1Cl. The molecule has 1 aromatic heterocycles. The Morgan fingerprint density at radius 2 is 2.05 bits per heavy atom. The van der Waals surface area contributed by atoms with E-state index >= 15 is 0 Å². The first-order valence-electron chi connectivity index (χ1n) is 6.74. The Hall–Kier alpha value is -1.91. The van der Waals surface area contributed by atoms with Gasteiger partial charge in [-0.2, -0.15) is 0 Å². The molecular weight excluding hydrogens is 288 g/mol. The molecule has 0 spiro atoms. The van der Waals surface area contributed by atoms with Gasteiger partial charge in [-0.15, -0.1) is 0 Å². The zero-order chi connectivity index (χ0) is 15.1. The standard InChI is InChI=1S/C16H17ClN2O2/c1-2-21-11-13-6-4-3-5-12(13)9-19-16(20)14-7-8-18-10-15(14)17/h3-8,10H,2,9,11H2,1H3,(H,19,20). The van der Waals surface area contributed by atoms with Crippen molar-refractivity contribution in [3.8, 4) is 0 Å². The lowest BCUT2D eigenvalue weighted by Crippen LogP contribution is -2.23. The average molecular weight is 305 g/mol. The fourth-order valence-corrected chi connectivity index (χ4v) is 2.12. The van der Waals surface area contributed by atoms with Gasteiger partial charge in [0.15, 0.2) is 0 Å². The number of aromatic nitrogens is 1. The molecule has 2 rings (SSSR count). The number of carbonyl (C=O) groups excluding carboxylic acids is 1. The Kier molecular flexibility index (Phi) is 5.72. The summed E-state index contributed by atoms with van der Waals surface area (Å²) in [5, 5.41) is 3.21. The van der Waals surface area contributed by atoms with Crippen LogP contribution < -0.4 is 5.32 Å². The summed E-state index contributed by atoms with van der Waals surface area (Å²) in [5.74, 6) is -0.214. The lowest BCUT2D eigenvalue weighted by molar-refractivity contribution is 0.0950. The summed E-state index contributed by atoms with van der Waals surface area (Å²) in [6.45, 7) is 3.59. The van der Waals surface area contributed by atoms with Crippen molar-refractivity contribution >= 4 is 17.5 Å². The molecule has 0 unspecified atom stereocenters. The van der Waals surface area contributed by atoms with Gasteiger partial charge >= 0.3 is 0 Å². The molecule has 0 saturated heterocycles. The Balaban J connectivity index is 2.03. The van der Waals surface area contributed by atoms with E-state index in [1.165, 1.54) is 6.20 Å². The van der Waals surface area contributed by atoms with Crippen molar-refractivity contribution in [1.82, 2.24) is 10.3 Å². The molecule has 0 aliphatic carbocycles. The molecule has 0 saturated carbocycles. The van der Waals surface area contributed by atoms with Crippen molar-refractivity contribution in [2.75, 3.05) is 6.61 Å². The maximum absolute atomic E-state index is 12.1. The van der Waals surface area contributed by atoms with Crippen molar-refractivity contribution in [1.29, 1.82) is 0 Å². The summed E-state index contributed by atoms with van der Waals surface area (Å²) in [4.78, 5) is 16.0. The van der Waals surface area contributed by atoms with E-state index in [1.807, 2.05) is 31.2 Å². The highest BCUT2D eigenvalue weighted by Crippen LogP contribution is 2.14. The van der Waals surface area contributed by atoms with Gasteiger partial charge in [-0.1, -0.05) is 35.9 Å². The van der Waals surface area contributed by atoms with E-state index in [0.29, 0.717) is 30.3 Å². The molecule has 0 radical (unpaired) electrons. The largest absolute Gasteiger partial charge is 0.377 e. The van der Waals surface area contributed by atoms with Crippen LogP contribution in [-0.2, 0) is 17.9 Å². The van der Waals surface area contributed by atoms with Gasteiger partial charge in [0, 0.05) is 25.5 Å². The molecule has 1 aromatic carbocycles. The van der Waals surface area contributed by atoms with Crippen LogP contribution in [0.25, 0.3) is 0 Å². The monoisotopic (exact) mass is 304 g/mol. The first kappa shape index (κ1) is 15.5. The number of halogens is 1. The Morgan fingerprint density at radius 3 is 2.76 bits per heavy atom. The molecule has 1 heterocycles. The molecular formula is C16H17ClN2O2. The molecule has 21 heavy (non-hydrogen) atoms. The van der Waals surface area contributed by atoms with Crippen molar-refractivity contribution in [3.63, 3.8) is 0 Å². The van der Waals surface area contributed by atoms with Gasteiger partial charge in [0.05, 0.1) is 17.2 Å². The van der Waals surface area contributed by atoms with Crippen molar-refractivity contribution in [2.24, 2.45) is 0 Å². The van der Waals surface area contributed by atoms with E-state index in [1.54, 1.807) is 12.3 Å². The predicted octanol–water partition coefficient (Wildman–Crippen LogP) is 3.20. The van der Waals surface area contributed by atoms with Gasteiger partial charge in [0.2, 0.25) is 0 Å². The van der Waals surface area contributed by atoms with Gasteiger partial charge in [0.25, 0.3) is 5.91 Å². The number of carbonyl (C=O) groups is 1. The predicted molar refractivity (Wildman–Crippen MR) is 82.2 cm³/mol. The van der Waals surface area contributed by atoms with Crippen LogP contribution in [0, 0.1) is 0 Å². The van der Waals surface area contributed by atoms with Crippen LogP contribution in [0.2, 0.25) is 5.02 Å². The summed E-state index contributed by atoms with van der Waals surface area (Å²) < 4.78 is 5.43. The number of amides is 1. The summed E-state index contributed by atoms with van der Waals surface area (Å²) >= 11 is 5.96. The summed E-state index contributed by atoms with van der Waals surface area (Å²) in [7, 11) is 0. The molecule has 0 bridgehead atoms. The molecule has 1 N–H and O–H groups in total. The maximum Gasteiger partial charge on any atom is 0.253 e.